The van der Waals surface area contributed by atoms with Gasteiger partial charge in [-0.3, -0.25) is 4.79 Å². The second-order valence-electron chi connectivity index (χ2n) is 11.0. The van der Waals surface area contributed by atoms with E-state index in [1.54, 1.807) is 12.1 Å². The number of ether oxygens (including phenoxy) is 3. The van der Waals surface area contributed by atoms with Crippen LogP contribution in [0.25, 0.3) is 10.9 Å². The van der Waals surface area contributed by atoms with Crippen LogP contribution in [0.15, 0.2) is 36.4 Å². The molecule has 9 heteroatoms. The van der Waals surface area contributed by atoms with Crippen LogP contribution in [0.3, 0.4) is 0 Å². The summed E-state index contributed by atoms with van der Waals surface area (Å²) >= 11 is 0. The molecular weight excluding hydrogens is 487 g/mol. The van der Waals surface area contributed by atoms with Gasteiger partial charge in [0.2, 0.25) is 0 Å². The molecule has 0 bridgehead atoms. The first kappa shape index (κ1) is 24.3. The maximum atomic E-state index is 15.4. The Kier molecular flexibility index (Phi) is 5.24. The number of aliphatic hydroxyl groups excluding tert-OH is 1. The number of Topliss-reactive ketones (excluding diaryl/α,β-unsaturated/α-hetero) is 1. The van der Waals surface area contributed by atoms with Gasteiger partial charge >= 0.3 is 6.29 Å². The molecule has 3 aromatic rings. The number of halogens is 3. The Morgan fingerprint density at radius 2 is 1.84 bits per heavy atom. The number of alkyl halides is 2. The van der Waals surface area contributed by atoms with Crippen molar-refractivity contribution in [2.45, 2.75) is 75.9 Å². The fourth-order valence-corrected chi connectivity index (χ4v) is 5.65. The number of aliphatic hydroxyl groups is 1. The number of rotatable bonds is 5. The average Bonchev–Trinajstić information content (AvgIpc) is 3.50. The van der Waals surface area contributed by atoms with Crippen molar-refractivity contribution in [3.8, 4) is 11.5 Å². The van der Waals surface area contributed by atoms with Crippen molar-refractivity contribution in [3.63, 3.8) is 0 Å². The van der Waals surface area contributed by atoms with E-state index < -0.39 is 23.6 Å². The Morgan fingerprint density at radius 3 is 2.54 bits per heavy atom. The molecule has 0 radical (unpaired) electrons. The summed E-state index contributed by atoms with van der Waals surface area (Å²) in [4.78, 5) is 13.4. The number of ketones is 1. The highest BCUT2D eigenvalue weighted by Gasteiger charge is 2.52. The van der Waals surface area contributed by atoms with Crippen LogP contribution in [0.2, 0.25) is 0 Å². The smallest absolute Gasteiger partial charge is 0.395 e. The summed E-state index contributed by atoms with van der Waals surface area (Å²) in [7, 11) is 0. The highest BCUT2D eigenvalue weighted by Crippen LogP contribution is 2.53. The molecule has 1 saturated carbocycles. The fraction of sp³-hybridized carbons (Fsp3) is 0.464. The summed E-state index contributed by atoms with van der Waals surface area (Å²) in [5.74, 6) is -0.834. The molecule has 0 spiro atoms. The van der Waals surface area contributed by atoms with Crippen LogP contribution in [0.1, 0.15) is 50.4 Å². The Labute approximate surface area is 211 Å². The van der Waals surface area contributed by atoms with Crippen LogP contribution in [-0.2, 0) is 33.3 Å². The van der Waals surface area contributed by atoms with Crippen LogP contribution < -0.4 is 9.47 Å². The first-order valence-corrected chi connectivity index (χ1v) is 12.5. The van der Waals surface area contributed by atoms with Crippen LogP contribution in [0.5, 0.6) is 11.5 Å². The van der Waals surface area contributed by atoms with E-state index in [1.807, 2.05) is 17.6 Å². The van der Waals surface area contributed by atoms with Crippen molar-refractivity contribution in [1.82, 2.24) is 4.57 Å². The molecule has 2 aromatic carbocycles. The molecule has 1 fully saturated rings. The van der Waals surface area contributed by atoms with E-state index >= 15 is 4.39 Å². The molecular formula is C28H28F3NO5. The van der Waals surface area contributed by atoms with Crippen LogP contribution in [0.4, 0.5) is 13.2 Å². The van der Waals surface area contributed by atoms with Gasteiger partial charge in [0, 0.05) is 22.9 Å². The topological polar surface area (TPSA) is 69.9 Å². The minimum atomic E-state index is -3.73. The molecule has 2 aliphatic heterocycles. The number of aromatic nitrogens is 1. The lowest BCUT2D eigenvalue weighted by molar-refractivity contribution is -0.286. The summed E-state index contributed by atoms with van der Waals surface area (Å²) in [6.07, 6.45) is -3.31. The average molecular weight is 516 g/mol. The highest BCUT2D eigenvalue weighted by atomic mass is 19.3. The number of carbonyl (C=O) groups is 1. The summed E-state index contributed by atoms with van der Waals surface area (Å²) in [5, 5.41) is 10.6. The first-order valence-electron chi connectivity index (χ1n) is 12.5. The van der Waals surface area contributed by atoms with E-state index in [4.69, 9.17) is 4.74 Å². The van der Waals surface area contributed by atoms with E-state index in [0.29, 0.717) is 30.5 Å². The molecule has 1 aromatic heterocycles. The second-order valence-corrected chi connectivity index (χ2v) is 11.0. The van der Waals surface area contributed by atoms with Gasteiger partial charge in [0.05, 0.1) is 36.3 Å². The van der Waals surface area contributed by atoms with Gasteiger partial charge < -0.3 is 23.9 Å². The largest absolute Gasteiger partial charge is 0.586 e. The first-order chi connectivity index (χ1) is 17.4. The van der Waals surface area contributed by atoms with Gasteiger partial charge in [-0.2, -0.15) is 0 Å². The molecule has 2 unspecified atom stereocenters. The van der Waals surface area contributed by atoms with Gasteiger partial charge in [-0.05, 0) is 61.2 Å². The van der Waals surface area contributed by atoms with Crippen molar-refractivity contribution in [2.24, 2.45) is 0 Å². The quantitative estimate of drug-likeness (QED) is 0.518. The monoisotopic (exact) mass is 515 g/mol. The third-order valence-corrected chi connectivity index (χ3v) is 8.32. The lowest BCUT2D eigenvalue weighted by atomic mass is 9.83. The van der Waals surface area contributed by atoms with E-state index in [9.17, 15) is 18.7 Å². The third kappa shape index (κ3) is 3.82. The van der Waals surface area contributed by atoms with Gasteiger partial charge in [0.15, 0.2) is 11.5 Å². The molecule has 1 aliphatic carbocycles. The summed E-state index contributed by atoms with van der Waals surface area (Å²) < 4.78 is 59.3. The molecule has 196 valence electrons. The van der Waals surface area contributed by atoms with Crippen molar-refractivity contribution in [2.75, 3.05) is 6.61 Å². The summed E-state index contributed by atoms with van der Waals surface area (Å²) in [6.45, 7) is 6.33. The van der Waals surface area contributed by atoms with Gasteiger partial charge in [-0.15, -0.1) is 8.78 Å². The number of hydrogen-bond donors (Lipinski definition) is 1. The zero-order valence-electron chi connectivity index (χ0n) is 20.8. The molecule has 6 nitrogen and oxygen atoms in total. The molecule has 1 N–H and O–H groups in total. The molecule has 6 rings (SSSR count). The number of benzene rings is 2. The lowest BCUT2D eigenvalue weighted by Crippen LogP contribution is -2.35. The lowest BCUT2D eigenvalue weighted by Gasteiger charge is -2.30. The molecule has 3 heterocycles. The molecule has 37 heavy (non-hydrogen) atoms. The number of hydrogen-bond acceptors (Lipinski definition) is 5. The standard InChI is InChI=1S/C28H28F3NO5/c1-15-26(2,3)24-9-17-8-16(20(29)12-21(17)32(24)13-19(14-33)35-15)10-25(34)27(6-7-27)18-4-5-22-23(11-18)37-28(30,31)36-22/h4-5,8-9,11-12,15,19,33H,6-7,10,13-14H2,1-3H3. The van der Waals surface area contributed by atoms with E-state index in [1.165, 1.54) is 18.2 Å². The maximum Gasteiger partial charge on any atom is 0.586 e. The van der Waals surface area contributed by atoms with E-state index in [-0.39, 0.29) is 47.4 Å². The second kappa shape index (κ2) is 7.98. The Bertz CT molecular complexity index is 1420. The number of carbonyl (C=O) groups excluding carboxylic acids is 1. The van der Waals surface area contributed by atoms with Gasteiger partial charge in [-0.1, -0.05) is 19.9 Å². The number of nitrogens with zero attached hydrogens (tertiary/aromatic N) is 1. The van der Waals surface area contributed by atoms with Crippen molar-refractivity contribution >= 4 is 16.7 Å². The highest BCUT2D eigenvalue weighted by molar-refractivity contribution is 5.95. The summed E-state index contributed by atoms with van der Waals surface area (Å²) in [6, 6.07) is 9.58. The molecule has 0 amide bonds. The fourth-order valence-electron chi connectivity index (χ4n) is 5.65. The van der Waals surface area contributed by atoms with E-state index in [0.717, 1.165) is 11.1 Å². The van der Waals surface area contributed by atoms with Crippen LogP contribution in [-0.4, -0.2) is 40.6 Å². The van der Waals surface area contributed by atoms with Gasteiger partial charge in [-0.25, -0.2) is 4.39 Å². The van der Waals surface area contributed by atoms with Crippen molar-refractivity contribution < 1.29 is 37.3 Å². The zero-order valence-corrected chi connectivity index (χ0v) is 20.8. The Hall–Kier alpha value is -3.04. The SMILES string of the molecule is CC1OC(CO)Cn2c(cc3cc(CC(=O)C4(c5ccc6c(c5)OC(F)(F)O6)CC4)c(F)cc32)C1(C)C. The van der Waals surface area contributed by atoms with Crippen molar-refractivity contribution in [1.29, 1.82) is 0 Å². The van der Waals surface area contributed by atoms with Crippen LogP contribution in [0, 0.1) is 5.82 Å². The predicted octanol–water partition coefficient (Wildman–Crippen LogP) is 5.00. The minimum Gasteiger partial charge on any atom is -0.395 e. The zero-order chi connectivity index (χ0) is 26.3. The molecule has 2 atom stereocenters. The van der Waals surface area contributed by atoms with E-state index in [2.05, 4.69) is 23.3 Å². The maximum absolute atomic E-state index is 15.4. The van der Waals surface area contributed by atoms with Gasteiger partial charge in [0.1, 0.15) is 11.6 Å². The Balaban J connectivity index is 1.32. The van der Waals surface area contributed by atoms with Crippen molar-refractivity contribution in [3.05, 3.63) is 59.0 Å². The summed E-state index contributed by atoms with van der Waals surface area (Å²) in [5.41, 5.74) is 1.29. The number of fused-ring (bicyclic) bond motifs is 4. The van der Waals surface area contributed by atoms with Crippen LogP contribution >= 0.6 is 0 Å². The Morgan fingerprint density at radius 1 is 1.11 bits per heavy atom. The normalized spacial score (nSPS) is 24.5. The minimum absolute atomic E-state index is 0.0759. The van der Waals surface area contributed by atoms with Gasteiger partial charge in [0.25, 0.3) is 0 Å². The predicted molar refractivity (Wildman–Crippen MR) is 129 cm³/mol. The third-order valence-electron chi connectivity index (χ3n) is 8.32. The molecule has 3 aliphatic rings. The molecule has 0 saturated heterocycles.